The predicted octanol–water partition coefficient (Wildman–Crippen LogP) is 1.89. The lowest BCUT2D eigenvalue weighted by Gasteiger charge is -2.10. The number of hydrogen-bond acceptors (Lipinski definition) is 4. The van der Waals surface area contributed by atoms with E-state index < -0.39 is 0 Å². The molecule has 0 aliphatic carbocycles. The average molecular weight is 310 g/mol. The van der Waals surface area contributed by atoms with E-state index in [0.29, 0.717) is 13.2 Å². The van der Waals surface area contributed by atoms with Gasteiger partial charge in [0.2, 0.25) is 5.91 Å². The Balaban J connectivity index is 1.64. The van der Waals surface area contributed by atoms with Crippen LogP contribution in [-0.4, -0.2) is 28.0 Å². The summed E-state index contributed by atoms with van der Waals surface area (Å²) in [5.41, 5.74) is 3.75. The van der Waals surface area contributed by atoms with Gasteiger partial charge in [0, 0.05) is 13.7 Å². The van der Waals surface area contributed by atoms with Crippen LogP contribution in [-0.2, 0) is 29.2 Å². The maximum atomic E-state index is 12.2. The highest BCUT2D eigenvalue weighted by Crippen LogP contribution is 2.11. The van der Waals surface area contributed by atoms with Crippen LogP contribution in [0.4, 0.5) is 0 Å². The molecule has 0 bridgehead atoms. The summed E-state index contributed by atoms with van der Waals surface area (Å²) in [5, 5.41) is 11.0. The third-order valence-electron chi connectivity index (χ3n) is 3.61. The number of nitrogens with one attached hydrogen (secondary N) is 1. The molecule has 2 aromatic carbocycles. The Morgan fingerprint density at radius 1 is 1.13 bits per heavy atom. The number of methoxy groups -OCH3 is 1. The maximum absolute atomic E-state index is 12.2. The number of carbonyl (C=O) groups is 1. The van der Waals surface area contributed by atoms with Crippen molar-refractivity contribution in [1.29, 1.82) is 0 Å². The van der Waals surface area contributed by atoms with E-state index in [1.165, 1.54) is 0 Å². The molecular weight excluding hydrogens is 292 g/mol. The fraction of sp³-hybridized carbons (Fsp3) is 0.235. The van der Waals surface area contributed by atoms with Gasteiger partial charge in [-0.2, -0.15) is 0 Å². The second-order valence-electron chi connectivity index (χ2n) is 5.21. The Morgan fingerprint density at radius 2 is 1.87 bits per heavy atom. The van der Waals surface area contributed by atoms with E-state index in [1.54, 1.807) is 11.8 Å². The maximum Gasteiger partial charge on any atom is 0.242 e. The first-order chi connectivity index (χ1) is 11.3. The van der Waals surface area contributed by atoms with Crippen LogP contribution in [0, 0.1) is 0 Å². The molecule has 0 spiro atoms. The fourth-order valence-electron chi connectivity index (χ4n) is 2.45. The van der Waals surface area contributed by atoms with E-state index >= 15 is 0 Å². The third kappa shape index (κ3) is 3.54. The normalized spacial score (nSPS) is 10.8. The van der Waals surface area contributed by atoms with Gasteiger partial charge >= 0.3 is 0 Å². The van der Waals surface area contributed by atoms with Gasteiger partial charge in [-0.1, -0.05) is 41.6 Å². The summed E-state index contributed by atoms with van der Waals surface area (Å²) in [7, 11) is 1.66. The van der Waals surface area contributed by atoms with Crippen molar-refractivity contribution in [2.24, 2.45) is 0 Å². The number of aromatic nitrogens is 3. The monoisotopic (exact) mass is 310 g/mol. The van der Waals surface area contributed by atoms with Crippen molar-refractivity contribution in [3.63, 3.8) is 0 Å². The lowest BCUT2D eigenvalue weighted by Crippen LogP contribution is -2.28. The Kier molecular flexibility index (Phi) is 4.63. The zero-order valence-corrected chi connectivity index (χ0v) is 12.9. The van der Waals surface area contributed by atoms with Crippen molar-refractivity contribution in [3.8, 4) is 0 Å². The molecule has 0 saturated carbocycles. The minimum Gasteiger partial charge on any atom is -0.380 e. The minimum absolute atomic E-state index is 0.104. The summed E-state index contributed by atoms with van der Waals surface area (Å²) in [4.78, 5) is 12.2. The van der Waals surface area contributed by atoms with Crippen molar-refractivity contribution >= 4 is 16.9 Å². The lowest BCUT2D eigenvalue weighted by atomic mass is 10.1. The number of amides is 1. The van der Waals surface area contributed by atoms with Crippen molar-refractivity contribution in [2.75, 3.05) is 7.11 Å². The minimum atomic E-state index is -0.104. The van der Waals surface area contributed by atoms with Gasteiger partial charge in [0.1, 0.15) is 12.1 Å². The number of benzene rings is 2. The number of nitrogens with zero attached hydrogens (tertiary/aromatic N) is 3. The molecule has 0 saturated heterocycles. The van der Waals surface area contributed by atoms with Crippen LogP contribution < -0.4 is 5.32 Å². The second-order valence-corrected chi connectivity index (χ2v) is 5.21. The highest BCUT2D eigenvalue weighted by Gasteiger charge is 2.09. The van der Waals surface area contributed by atoms with E-state index in [4.69, 9.17) is 4.74 Å². The van der Waals surface area contributed by atoms with E-state index in [9.17, 15) is 4.79 Å². The number of hydrogen-bond donors (Lipinski definition) is 1. The zero-order chi connectivity index (χ0) is 16.1. The number of ether oxygens (including phenoxy) is 1. The SMILES string of the molecule is COCc1ccccc1CNC(=O)Cn1nnc2ccccc21. The largest absolute Gasteiger partial charge is 0.380 e. The molecule has 0 atom stereocenters. The summed E-state index contributed by atoms with van der Waals surface area (Å²) in [6.07, 6.45) is 0. The molecule has 0 aliphatic rings. The standard InChI is InChI=1S/C17H18N4O2/c1-23-12-14-7-3-2-6-13(14)10-18-17(22)11-21-16-9-5-4-8-15(16)19-20-21/h2-9H,10-12H2,1H3,(H,18,22). The first-order valence-corrected chi connectivity index (χ1v) is 7.38. The summed E-state index contributed by atoms with van der Waals surface area (Å²) < 4.78 is 6.78. The van der Waals surface area contributed by atoms with E-state index in [0.717, 1.165) is 22.2 Å². The fourth-order valence-corrected chi connectivity index (χ4v) is 2.45. The van der Waals surface area contributed by atoms with Crippen LogP contribution >= 0.6 is 0 Å². The molecule has 6 nitrogen and oxygen atoms in total. The molecule has 3 rings (SSSR count). The quantitative estimate of drug-likeness (QED) is 0.755. The Morgan fingerprint density at radius 3 is 2.70 bits per heavy atom. The van der Waals surface area contributed by atoms with Gasteiger partial charge in [0.05, 0.1) is 12.1 Å². The molecule has 1 N–H and O–H groups in total. The molecule has 3 aromatic rings. The van der Waals surface area contributed by atoms with Gasteiger partial charge in [-0.15, -0.1) is 5.10 Å². The van der Waals surface area contributed by atoms with Crippen LogP contribution in [0.3, 0.4) is 0 Å². The molecule has 0 unspecified atom stereocenters. The molecular formula is C17H18N4O2. The molecule has 1 heterocycles. The molecule has 6 heteroatoms. The molecule has 1 aromatic heterocycles. The Bertz CT molecular complexity index is 813. The van der Waals surface area contributed by atoms with Crippen LogP contribution in [0.25, 0.3) is 11.0 Å². The number of fused-ring (bicyclic) bond motifs is 1. The van der Waals surface area contributed by atoms with Gasteiger partial charge in [0.25, 0.3) is 0 Å². The summed E-state index contributed by atoms with van der Waals surface area (Å²) in [6.45, 7) is 1.14. The van der Waals surface area contributed by atoms with Crippen LogP contribution in [0.15, 0.2) is 48.5 Å². The van der Waals surface area contributed by atoms with Crippen LogP contribution in [0.1, 0.15) is 11.1 Å². The molecule has 0 radical (unpaired) electrons. The van der Waals surface area contributed by atoms with Gasteiger partial charge in [0.15, 0.2) is 0 Å². The van der Waals surface area contributed by atoms with E-state index in [2.05, 4.69) is 15.6 Å². The van der Waals surface area contributed by atoms with Gasteiger partial charge < -0.3 is 10.1 Å². The zero-order valence-electron chi connectivity index (χ0n) is 12.9. The highest BCUT2D eigenvalue weighted by molar-refractivity contribution is 5.79. The molecule has 0 aliphatic heterocycles. The molecule has 1 amide bonds. The van der Waals surface area contributed by atoms with Gasteiger partial charge in [-0.3, -0.25) is 4.79 Å². The first-order valence-electron chi connectivity index (χ1n) is 7.38. The lowest BCUT2D eigenvalue weighted by molar-refractivity contribution is -0.121. The number of para-hydroxylation sites is 1. The van der Waals surface area contributed by atoms with Crippen LogP contribution in [0.2, 0.25) is 0 Å². The van der Waals surface area contributed by atoms with E-state index in [1.807, 2.05) is 48.5 Å². The van der Waals surface area contributed by atoms with Crippen molar-refractivity contribution in [3.05, 3.63) is 59.7 Å². The van der Waals surface area contributed by atoms with Crippen molar-refractivity contribution < 1.29 is 9.53 Å². The summed E-state index contributed by atoms with van der Waals surface area (Å²) in [5.74, 6) is -0.104. The molecule has 23 heavy (non-hydrogen) atoms. The van der Waals surface area contributed by atoms with Gasteiger partial charge in [-0.25, -0.2) is 4.68 Å². The molecule has 118 valence electrons. The smallest absolute Gasteiger partial charge is 0.242 e. The second kappa shape index (κ2) is 7.02. The summed E-state index contributed by atoms with van der Waals surface area (Å²) >= 11 is 0. The van der Waals surface area contributed by atoms with Gasteiger partial charge in [-0.05, 0) is 23.3 Å². The highest BCUT2D eigenvalue weighted by atomic mass is 16.5. The van der Waals surface area contributed by atoms with Crippen molar-refractivity contribution in [1.82, 2.24) is 20.3 Å². The third-order valence-corrected chi connectivity index (χ3v) is 3.61. The number of rotatable bonds is 6. The van der Waals surface area contributed by atoms with Crippen molar-refractivity contribution in [2.45, 2.75) is 19.7 Å². The number of carbonyl (C=O) groups excluding carboxylic acids is 1. The Hall–Kier alpha value is -2.73. The van der Waals surface area contributed by atoms with Crippen LogP contribution in [0.5, 0.6) is 0 Å². The Labute approximate surface area is 134 Å². The van der Waals surface area contributed by atoms with E-state index in [-0.39, 0.29) is 12.5 Å². The first kappa shape index (κ1) is 15.2. The predicted molar refractivity (Wildman–Crippen MR) is 86.5 cm³/mol. The average Bonchev–Trinajstić information content (AvgIpc) is 2.98. The molecule has 0 fully saturated rings. The summed E-state index contributed by atoms with van der Waals surface area (Å²) in [6, 6.07) is 15.5. The topological polar surface area (TPSA) is 69.0 Å².